The summed E-state index contributed by atoms with van der Waals surface area (Å²) < 4.78 is 0. The van der Waals surface area contributed by atoms with Crippen molar-refractivity contribution in [3.8, 4) is 0 Å². The van der Waals surface area contributed by atoms with Gasteiger partial charge in [-0.25, -0.2) is 9.97 Å². The molecule has 0 amide bonds. The van der Waals surface area contributed by atoms with Crippen molar-refractivity contribution in [3.63, 3.8) is 0 Å². The molecule has 0 spiro atoms. The molecule has 2 aromatic rings. The van der Waals surface area contributed by atoms with Crippen LogP contribution in [0.15, 0.2) is 16.8 Å². The van der Waals surface area contributed by atoms with Gasteiger partial charge in [-0.05, 0) is 36.2 Å². The summed E-state index contributed by atoms with van der Waals surface area (Å²) in [4.78, 5) is 10.8. The molecule has 3 nitrogen and oxygen atoms in total. The Kier molecular flexibility index (Phi) is 3.64. The van der Waals surface area contributed by atoms with Crippen molar-refractivity contribution in [3.05, 3.63) is 38.9 Å². The van der Waals surface area contributed by atoms with Crippen LogP contribution in [0, 0.1) is 13.8 Å². The summed E-state index contributed by atoms with van der Waals surface area (Å²) in [5, 5.41) is 4.65. The summed E-state index contributed by atoms with van der Waals surface area (Å²) in [5.74, 6) is 0.737. The summed E-state index contributed by atoms with van der Waals surface area (Å²) in [6, 6.07) is 2.10. The maximum Gasteiger partial charge on any atom is 0.171 e. The standard InChI is InChI=1S/C12H14ClN3S/c1-8-9(2)15-12(11(13)14-8)16(3)6-10-4-5-17-7-10/h4-5,7H,6H2,1-3H3. The quantitative estimate of drug-likeness (QED) is 0.853. The van der Waals surface area contributed by atoms with Crippen LogP contribution in [-0.2, 0) is 6.54 Å². The lowest BCUT2D eigenvalue weighted by Crippen LogP contribution is -2.19. The van der Waals surface area contributed by atoms with Crippen molar-refractivity contribution in [1.82, 2.24) is 9.97 Å². The highest BCUT2D eigenvalue weighted by Crippen LogP contribution is 2.23. The molecule has 5 heteroatoms. The largest absolute Gasteiger partial charge is 0.353 e. The van der Waals surface area contributed by atoms with Gasteiger partial charge in [0.05, 0.1) is 11.4 Å². The second-order valence-corrected chi connectivity index (χ2v) is 5.13. The lowest BCUT2D eigenvalue weighted by molar-refractivity contribution is 0.879. The van der Waals surface area contributed by atoms with Crippen LogP contribution in [0.4, 0.5) is 5.82 Å². The average molecular weight is 268 g/mol. The Hall–Kier alpha value is -1.13. The first-order chi connectivity index (χ1) is 8.08. The van der Waals surface area contributed by atoms with Crippen molar-refractivity contribution in [2.45, 2.75) is 20.4 Å². The minimum absolute atomic E-state index is 0.464. The van der Waals surface area contributed by atoms with E-state index in [1.165, 1.54) is 5.56 Å². The third kappa shape index (κ3) is 2.76. The number of aryl methyl sites for hydroxylation is 2. The first-order valence-electron chi connectivity index (χ1n) is 5.31. The van der Waals surface area contributed by atoms with Crippen LogP contribution in [0.25, 0.3) is 0 Å². The zero-order valence-corrected chi connectivity index (χ0v) is 11.6. The Labute approximate surface area is 110 Å². The van der Waals surface area contributed by atoms with E-state index in [0.717, 1.165) is 23.8 Å². The first kappa shape index (κ1) is 12.3. The van der Waals surface area contributed by atoms with Crippen LogP contribution in [0.2, 0.25) is 5.15 Å². The third-order valence-corrected chi connectivity index (χ3v) is 3.59. The molecule has 0 N–H and O–H groups in total. The van der Waals surface area contributed by atoms with E-state index in [1.54, 1.807) is 11.3 Å². The van der Waals surface area contributed by atoms with Gasteiger partial charge in [-0.15, -0.1) is 0 Å². The van der Waals surface area contributed by atoms with Crippen LogP contribution in [0.5, 0.6) is 0 Å². The average Bonchev–Trinajstić information content (AvgIpc) is 2.76. The summed E-state index contributed by atoms with van der Waals surface area (Å²) in [6.07, 6.45) is 0. The van der Waals surface area contributed by atoms with Crippen molar-refractivity contribution in [1.29, 1.82) is 0 Å². The summed E-state index contributed by atoms with van der Waals surface area (Å²) in [7, 11) is 1.97. The fourth-order valence-corrected chi connectivity index (χ4v) is 2.51. The second-order valence-electron chi connectivity index (χ2n) is 4.00. The molecule has 90 valence electrons. The Morgan fingerprint density at radius 2 is 2.00 bits per heavy atom. The normalized spacial score (nSPS) is 10.6. The molecule has 2 rings (SSSR count). The molecule has 0 aliphatic carbocycles. The molecule has 2 aromatic heterocycles. The Bertz CT molecular complexity index is 511. The van der Waals surface area contributed by atoms with Gasteiger partial charge in [0.2, 0.25) is 0 Å². The third-order valence-electron chi connectivity index (χ3n) is 2.61. The highest BCUT2D eigenvalue weighted by atomic mass is 35.5. The maximum absolute atomic E-state index is 6.12. The lowest BCUT2D eigenvalue weighted by Gasteiger charge is -2.19. The van der Waals surface area contributed by atoms with Crippen molar-refractivity contribution in [2.75, 3.05) is 11.9 Å². The van der Waals surface area contributed by atoms with Gasteiger partial charge in [0.1, 0.15) is 0 Å². The molecule has 0 fully saturated rings. The van der Waals surface area contributed by atoms with E-state index in [4.69, 9.17) is 11.6 Å². The van der Waals surface area contributed by atoms with Crippen LogP contribution in [0.1, 0.15) is 17.0 Å². The summed E-state index contributed by atoms with van der Waals surface area (Å²) in [5.41, 5.74) is 3.05. The van der Waals surface area contributed by atoms with Crippen LogP contribution >= 0.6 is 22.9 Å². The number of hydrogen-bond acceptors (Lipinski definition) is 4. The van der Waals surface area contributed by atoms with Crippen LogP contribution in [0.3, 0.4) is 0 Å². The number of aromatic nitrogens is 2. The monoisotopic (exact) mass is 267 g/mol. The molecule has 0 aromatic carbocycles. The number of halogens is 1. The highest BCUT2D eigenvalue weighted by molar-refractivity contribution is 7.07. The Balaban J connectivity index is 2.24. The van der Waals surface area contributed by atoms with Crippen LogP contribution < -0.4 is 4.90 Å². The molecular weight excluding hydrogens is 254 g/mol. The van der Waals surface area contributed by atoms with Gasteiger partial charge < -0.3 is 4.90 Å². The zero-order valence-electron chi connectivity index (χ0n) is 10.1. The zero-order chi connectivity index (χ0) is 12.4. The number of hydrogen-bond donors (Lipinski definition) is 0. The molecule has 0 bridgehead atoms. The minimum atomic E-state index is 0.464. The molecule has 2 heterocycles. The van der Waals surface area contributed by atoms with Crippen molar-refractivity contribution < 1.29 is 0 Å². The number of anilines is 1. The molecule has 0 saturated carbocycles. The predicted molar refractivity (Wildman–Crippen MR) is 72.9 cm³/mol. The first-order valence-corrected chi connectivity index (χ1v) is 6.63. The second kappa shape index (κ2) is 5.02. The molecule has 0 atom stereocenters. The summed E-state index contributed by atoms with van der Waals surface area (Å²) in [6.45, 7) is 4.65. The van der Waals surface area contributed by atoms with Gasteiger partial charge >= 0.3 is 0 Å². The van der Waals surface area contributed by atoms with E-state index in [2.05, 4.69) is 26.8 Å². The molecule has 0 unspecified atom stereocenters. The van der Waals surface area contributed by atoms with Gasteiger partial charge in [0.15, 0.2) is 11.0 Å². The Morgan fingerprint density at radius 3 is 2.65 bits per heavy atom. The smallest absolute Gasteiger partial charge is 0.171 e. The predicted octanol–water partition coefficient (Wildman–Crippen LogP) is 3.44. The van der Waals surface area contributed by atoms with Gasteiger partial charge in [0, 0.05) is 13.6 Å². The lowest BCUT2D eigenvalue weighted by atomic mass is 10.3. The molecule has 0 radical (unpaired) electrons. The van der Waals surface area contributed by atoms with Crippen molar-refractivity contribution >= 4 is 28.8 Å². The van der Waals surface area contributed by atoms with Gasteiger partial charge in [0.25, 0.3) is 0 Å². The van der Waals surface area contributed by atoms with Gasteiger partial charge in [-0.2, -0.15) is 11.3 Å². The van der Waals surface area contributed by atoms with E-state index in [-0.39, 0.29) is 0 Å². The van der Waals surface area contributed by atoms with Crippen LogP contribution in [-0.4, -0.2) is 17.0 Å². The van der Waals surface area contributed by atoms with Crippen molar-refractivity contribution in [2.24, 2.45) is 0 Å². The number of thiophene rings is 1. The van der Waals surface area contributed by atoms with E-state index >= 15 is 0 Å². The molecule has 17 heavy (non-hydrogen) atoms. The van der Waals surface area contributed by atoms with Gasteiger partial charge in [-0.3, -0.25) is 0 Å². The van der Waals surface area contributed by atoms with E-state index in [0.29, 0.717) is 5.15 Å². The SMILES string of the molecule is Cc1nc(Cl)c(N(C)Cc2ccsc2)nc1C. The number of nitrogens with zero attached hydrogens (tertiary/aromatic N) is 3. The fraction of sp³-hybridized carbons (Fsp3) is 0.333. The highest BCUT2D eigenvalue weighted by Gasteiger charge is 2.12. The minimum Gasteiger partial charge on any atom is -0.353 e. The fourth-order valence-electron chi connectivity index (χ4n) is 1.54. The molecule has 0 aliphatic rings. The molecule has 0 aliphatic heterocycles. The van der Waals surface area contributed by atoms with E-state index < -0.39 is 0 Å². The Morgan fingerprint density at radius 1 is 1.29 bits per heavy atom. The maximum atomic E-state index is 6.12. The number of rotatable bonds is 3. The van der Waals surface area contributed by atoms with Gasteiger partial charge in [-0.1, -0.05) is 11.6 Å². The van der Waals surface area contributed by atoms with E-state index in [1.807, 2.05) is 25.8 Å². The molecular formula is C12H14ClN3S. The topological polar surface area (TPSA) is 29.0 Å². The van der Waals surface area contributed by atoms with E-state index in [9.17, 15) is 0 Å². The summed E-state index contributed by atoms with van der Waals surface area (Å²) >= 11 is 7.81. The molecule has 0 saturated heterocycles.